The smallest absolute Gasteiger partial charge is 0.305 e. The number of benzene rings is 2. The van der Waals surface area contributed by atoms with E-state index in [9.17, 15) is 4.79 Å². The number of rotatable bonds is 8. The topological polar surface area (TPSA) is 130 Å². The fourth-order valence-corrected chi connectivity index (χ4v) is 4.23. The molecule has 0 saturated carbocycles. The molecular weight excluding hydrogens is 488 g/mol. The number of hydrogen-bond acceptors (Lipinski definition) is 9. The Morgan fingerprint density at radius 3 is 2.75 bits per heavy atom. The number of amidine groups is 1. The van der Waals surface area contributed by atoms with Gasteiger partial charge in [-0.15, -0.1) is 0 Å². The predicted molar refractivity (Wildman–Crippen MR) is 134 cm³/mol. The number of hydrogen-bond donors (Lipinski definition) is 2. The van der Waals surface area contributed by atoms with E-state index in [0.717, 1.165) is 16.8 Å². The average Bonchev–Trinajstić information content (AvgIpc) is 3.29. The SMILES string of the molecule is COC(=O)CCc1cnc(C[C@@H]2O[C@@H](c3cccc(OC)c3OC)c3cc(Cl)ccc3NC2=NN)o1. The van der Waals surface area contributed by atoms with Gasteiger partial charge in [0.1, 0.15) is 18.0 Å². The van der Waals surface area contributed by atoms with Crippen LogP contribution in [0.3, 0.4) is 0 Å². The standard InChI is InChI=1S/C25H27ClN4O6/c1-32-19-6-4-5-16(24(19)34-3)23-17-11-14(26)7-9-18(17)29-25(30-27)20(36-23)12-21-28-13-15(35-21)8-10-22(31)33-2/h4-7,9,11,13,20,23H,8,10,12,27H2,1-3H3,(H,29,30)/t20-,23-/m0/s1. The van der Waals surface area contributed by atoms with E-state index < -0.39 is 12.2 Å². The van der Waals surface area contributed by atoms with E-state index in [-0.39, 0.29) is 18.8 Å². The summed E-state index contributed by atoms with van der Waals surface area (Å²) in [5, 5.41) is 7.76. The average molecular weight is 515 g/mol. The quantitative estimate of drug-likeness (QED) is 0.261. The molecule has 0 aliphatic carbocycles. The van der Waals surface area contributed by atoms with E-state index in [1.165, 1.54) is 7.11 Å². The van der Waals surface area contributed by atoms with Crippen LogP contribution in [0, 0.1) is 0 Å². The van der Waals surface area contributed by atoms with Crippen LogP contribution in [0.25, 0.3) is 0 Å². The second kappa shape index (κ2) is 11.3. The third kappa shape index (κ3) is 5.39. The summed E-state index contributed by atoms with van der Waals surface area (Å²) in [6.07, 6.45) is 1.10. The molecule has 190 valence electrons. The molecule has 3 aromatic rings. The van der Waals surface area contributed by atoms with Crippen molar-refractivity contribution in [3.63, 3.8) is 0 Å². The maximum Gasteiger partial charge on any atom is 0.305 e. The van der Waals surface area contributed by atoms with Crippen molar-refractivity contribution in [2.75, 3.05) is 26.6 Å². The Balaban J connectivity index is 1.70. The van der Waals surface area contributed by atoms with Gasteiger partial charge in [0, 0.05) is 28.3 Å². The van der Waals surface area contributed by atoms with Gasteiger partial charge in [-0.25, -0.2) is 4.98 Å². The number of anilines is 1. The minimum Gasteiger partial charge on any atom is -0.493 e. The van der Waals surface area contributed by atoms with Crippen molar-refractivity contribution in [2.45, 2.75) is 31.5 Å². The number of nitrogens with one attached hydrogen (secondary N) is 1. The highest BCUT2D eigenvalue weighted by atomic mass is 35.5. The van der Waals surface area contributed by atoms with Gasteiger partial charge >= 0.3 is 5.97 Å². The number of aromatic nitrogens is 1. The molecular formula is C25H27ClN4O6. The lowest BCUT2D eigenvalue weighted by molar-refractivity contribution is -0.140. The summed E-state index contributed by atoms with van der Waals surface area (Å²) in [4.78, 5) is 15.8. The van der Waals surface area contributed by atoms with Crippen LogP contribution in [0.5, 0.6) is 11.5 Å². The number of esters is 1. The summed E-state index contributed by atoms with van der Waals surface area (Å²) in [6.45, 7) is 0. The number of carbonyl (C=O) groups excluding carboxylic acids is 1. The van der Waals surface area contributed by atoms with Gasteiger partial charge in [-0.05, 0) is 24.3 Å². The first kappa shape index (κ1) is 25.3. The molecule has 3 N–H and O–H groups in total. The number of nitrogens with two attached hydrogens (primary N) is 1. The minimum absolute atomic E-state index is 0.190. The molecule has 0 spiro atoms. The Labute approximate surface area is 213 Å². The van der Waals surface area contributed by atoms with E-state index >= 15 is 0 Å². The molecule has 36 heavy (non-hydrogen) atoms. The van der Waals surface area contributed by atoms with E-state index in [1.807, 2.05) is 30.3 Å². The Morgan fingerprint density at radius 1 is 1.19 bits per heavy atom. The van der Waals surface area contributed by atoms with Gasteiger partial charge in [0.05, 0.1) is 40.4 Å². The molecule has 0 fully saturated rings. The Bertz CT molecular complexity index is 1260. The van der Waals surface area contributed by atoms with Gasteiger partial charge < -0.3 is 34.5 Å². The molecule has 2 aromatic carbocycles. The maximum absolute atomic E-state index is 11.5. The molecule has 4 rings (SSSR count). The monoisotopic (exact) mass is 514 g/mol. The van der Waals surface area contributed by atoms with Crippen molar-refractivity contribution in [3.8, 4) is 11.5 Å². The minimum atomic E-state index is -0.658. The highest BCUT2D eigenvalue weighted by molar-refractivity contribution is 6.30. The molecule has 0 unspecified atom stereocenters. The molecule has 2 atom stereocenters. The molecule has 1 aromatic heterocycles. The number of halogens is 1. The summed E-state index contributed by atoms with van der Waals surface area (Å²) < 4.78 is 28.3. The number of oxazole rings is 1. The van der Waals surface area contributed by atoms with Crippen molar-refractivity contribution in [1.29, 1.82) is 0 Å². The molecule has 10 nitrogen and oxygen atoms in total. The summed E-state index contributed by atoms with van der Waals surface area (Å²) in [6, 6.07) is 11.0. The van der Waals surface area contributed by atoms with Gasteiger partial charge in [0.25, 0.3) is 0 Å². The normalized spacial score (nSPS) is 18.2. The lowest BCUT2D eigenvalue weighted by Gasteiger charge is -2.24. The van der Waals surface area contributed by atoms with Crippen LogP contribution in [0.1, 0.15) is 35.3 Å². The maximum atomic E-state index is 11.5. The van der Waals surface area contributed by atoms with Crippen LogP contribution in [-0.4, -0.2) is 44.2 Å². The molecule has 0 saturated heterocycles. The Kier molecular flexibility index (Phi) is 7.97. The Morgan fingerprint density at radius 2 is 2.03 bits per heavy atom. The number of ether oxygens (including phenoxy) is 4. The zero-order valence-corrected chi connectivity index (χ0v) is 20.9. The molecule has 2 heterocycles. The third-order valence-corrected chi connectivity index (χ3v) is 6.02. The van der Waals surface area contributed by atoms with E-state index in [4.69, 9.17) is 36.1 Å². The van der Waals surface area contributed by atoms with Gasteiger partial charge in [-0.3, -0.25) is 4.79 Å². The van der Waals surface area contributed by atoms with Crippen molar-refractivity contribution in [2.24, 2.45) is 10.9 Å². The molecule has 1 aliphatic rings. The van der Waals surface area contributed by atoms with Crippen LogP contribution < -0.4 is 20.6 Å². The van der Waals surface area contributed by atoms with E-state index in [1.54, 1.807) is 26.5 Å². The number of carbonyl (C=O) groups is 1. The van der Waals surface area contributed by atoms with E-state index in [0.29, 0.717) is 40.4 Å². The van der Waals surface area contributed by atoms with Crippen molar-refractivity contribution >= 4 is 29.1 Å². The third-order valence-electron chi connectivity index (χ3n) is 5.78. The Hall–Kier alpha value is -3.76. The highest BCUT2D eigenvalue weighted by Gasteiger charge is 2.34. The number of nitrogens with zero attached hydrogens (tertiary/aromatic N) is 2. The summed E-state index contributed by atoms with van der Waals surface area (Å²) >= 11 is 6.36. The van der Waals surface area contributed by atoms with Gasteiger partial charge in [0.15, 0.2) is 23.2 Å². The number of para-hydroxylation sites is 1. The molecule has 0 amide bonds. The predicted octanol–water partition coefficient (Wildman–Crippen LogP) is 3.87. The van der Waals surface area contributed by atoms with Crippen LogP contribution in [-0.2, 0) is 27.1 Å². The molecule has 0 bridgehead atoms. The number of hydrazone groups is 1. The second-order valence-corrected chi connectivity index (χ2v) is 8.40. The fourth-order valence-electron chi connectivity index (χ4n) is 4.05. The zero-order chi connectivity index (χ0) is 25.7. The fraction of sp³-hybridized carbons (Fsp3) is 0.320. The number of aryl methyl sites for hydroxylation is 1. The van der Waals surface area contributed by atoms with Crippen LogP contribution in [0.15, 0.2) is 52.1 Å². The lowest BCUT2D eigenvalue weighted by Crippen LogP contribution is -2.32. The first-order chi connectivity index (χ1) is 17.5. The zero-order valence-electron chi connectivity index (χ0n) is 20.1. The van der Waals surface area contributed by atoms with E-state index in [2.05, 4.69) is 20.1 Å². The van der Waals surface area contributed by atoms with Crippen molar-refractivity contribution < 1.29 is 28.2 Å². The molecule has 1 aliphatic heterocycles. The first-order valence-electron chi connectivity index (χ1n) is 11.2. The van der Waals surface area contributed by atoms with Gasteiger partial charge in [-0.1, -0.05) is 23.7 Å². The molecule has 11 heteroatoms. The van der Waals surface area contributed by atoms with Crippen LogP contribution in [0.2, 0.25) is 5.02 Å². The lowest BCUT2D eigenvalue weighted by atomic mass is 9.98. The van der Waals surface area contributed by atoms with Crippen molar-refractivity contribution in [1.82, 2.24) is 4.98 Å². The summed E-state index contributed by atoms with van der Waals surface area (Å²) in [5.41, 5.74) is 2.23. The highest BCUT2D eigenvalue weighted by Crippen LogP contribution is 2.43. The first-order valence-corrected chi connectivity index (χ1v) is 11.6. The largest absolute Gasteiger partial charge is 0.493 e. The van der Waals surface area contributed by atoms with Crippen molar-refractivity contribution in [3.05, 3.63) is 70.4 Å². The molecule has 0 radical (unpaired) electrons. The summed E-state index contributed by atoms with van der Waals surface area (Å²) in [7, 11) is 4.49. The number of methoxy groups -OCH3 is 3. The van der Waals surface area contributed by atoms with Crippen LogP contribution in [0.4, 0.5) is 5.69 Å². The second-order valence-electron chi connectivity index (χ2n) is 7.96. The van der Waals surface area contributed by atoms with Crippen LogP contribution >= 0.6 is 11.6 Å². The summed E-state index contributed by atoms with van der Waals surface area (Å²) in [5.74, 6) is 7.88. The number of fused-ring (bicyclic) bond motifs is 1. The van der Waals surface area contributed by atoms with Gasteiger partial charge in [0.2, 0.25) is 0 Å². The van der Waals surface area contributed by atoms with Gasteiger partial charge in [-0.2, -0.15) is 5.10 Å².